The number of nitrogens with two attached hydrogens (primary N) is 1. The van der Waals surface area contributed by atoms with Gasteiger partial charge in [-0.2, -0.15) is 0 Å². The SMILES string of the molecule is NC(=O)C1NCC[S+]1[O-]. The van der Waals surface area contributed by atoms with Crippen LogP contribution in [-0.4, -0.2) is 28.1 Å². The molecule has 9 heavy (non-hydrogen) atoms. The van der Waals surface area contributed by atoms with Crippen LogP contribution in [0, 0.1) is 0 Å². The zero-order valence-corrected chi connectivity index (χ0v) is 5.61. The van der Waals surface area contributed by atoms with E-state index in [-0.39, 0.29) is 0 Å². The molecule has 0 saturated carbocycles. The Hall–Kier alpha value is -0.260. The molecule has 1 amide bonds. The predicted octanol–water partition coefficient (Wildman–Crippen LogP) is -1.85. The maximum atomic E-state index is 10.8. The molecule has 0 aromatic carbocycles. The molecular weight excluding hydrogens is 140 g/mol. The minimum atomic E-state index is -1.08. The first-order valence-corrected chi connectivity index (χ1v) is 4.00. The molecule has 0 aliphatic carbocycles. The molecule has 52 valence electrons. The summed E-state index contributed by atoms with van der Waals surface area (Å²) in [5.74, 6) is 0.0129. The van der Waals surface area contributed by atoms with E-state index in [1.165, 1.54) is 0 Å². The van der Waals surface area contributed by atoms with E-state index >= 15 is 0 Å². The third-order valence-electron chi connectivity index (χ3n) is 1.15. The van der Waals surface area contributed by atoms with E-state index in [1.807, 2.05) is 0 Å². The van der Waals surface area contributed by atoms with Crippen LogP contribution < -0.4 is 11.1 Å². The van der Waals surface area contributed by atoms with Gasteiger partial charge in [-0.15, -0.1) is 0 Å². The summed E-state index contributed by atoms with van der Waals surface area (Å²) in [5, 5.41) is 2.12. The monoisotopic (exact) mass is 148 g/mol. The van der Waals surface area contributed by atoms with E-state index in [0.717, 1.165) is 0 Å². The quantitative estimate of drug-likeness (QED) is 0.428. The molecule has 1 aliphatic rings. The van der Waals surface area contributed by atoms with Crippen molar-refractivity contribution in [3.05, 3.63) is 0 Å². The lowest BCUT2D eigenvalue weighted by Crippen LogP contribution is -2.40. The molecule has 1 fully saturated rings. The Kier molecular flexibility index (Phi) is 1.94. The van der Waals surface area contributed by atoms with Gasteiger partial charge in [0.1, 0.15) is 5.75 Å². The van der Waals surface area contributed by atoms with Crippen molar-refractivity contribution in [2.45, 2.75) is 5.37 Å². The summed E-state index contributed by atoms with van der Waals surface area (Å²) in [4.78, 5) is 10.4. The molecule has 5 heteroatoms. The van der Waals surface area contributed by atoms with Crippen LogP contribution in [-0.2, 0) is 16.0 Å². The molecular formula is C4H8N2O2S. The van der Waals surface area contributed by atoms with E-state index < -0.39 is 22.5 Å². The van der Waals surface area contributed by atoms with Gasteiger partial charge < -0.3 is 10.3 Å². The molecule has 2 unspecified atom stereocenters. The number of hydrogen-bond acceptors (Lipinski definition) is 3. The highest BCUT2D eigenvalue weighted by Gasteiger charge is 2.32. The predicted molar refractivity (Wildman–Crippen MR) is 34.0 cm³/mol. The molecule has 1 rings (SSSR count). The fraction of sp³-hybridized carbons (Fsp3) is 0.750. The summed E-state index contributed by atoms with van der Waals surface area (Å²) in [6.07, 6.45) is 0. The van der Waals surface area contributed by atoms with E-state index in [1.54, 1.807) is 0 Å². The molecule has 3 N–H and O–H groups in total. The summed E-state index contributed by atoms with van der Waals surface area (Å²) < 4.78 is 10.8. The van der Waals surface area contributed by atoms with Crippen LogP contribution in [0.5, 0.6) is 0 Å². The highest BCUT2D eigenvalue weighted by Crippen LogP contribution is 2.04. The Labute approximate surface area is 56.0 Å². The maximum absolute atomic E-state index is 10.8. The zero-order chi connectivity index (χ0) is 6.85. The van der Waals surface area contributed by atoms with Crippen molar-refractivity contribution in [1.29, 1.82) is 0 Å². The van der Waals surface area contributed by atoms with Crippen molar-refractivity contribution < 1.29 is 9.35 Å². The van der Waals surface area contributed by atoms with Crippen LogP contribution in [0.1, 0.15) is 0 Å². The lowest BCUT2D eigenvalue weighted by atomic mass is 10.6. The van der Waals surface area contributed by atoms with Gasteiger partial charge in [-0.1, -0.05) is 0 Å². The van der Waals surface area contributed by atoms with Gasteiger partial charge in [0.05, 0.1) is 0 Å². The number of amides is 1. The summed E-state index contributed by atoms with van der Waals surface area (Å²) in [5.41, 5.74) is 4.89. The van der Waals surface area contributed by atoms with Gasteiger partial charge in [0.25, 0.3) is 5.91 Å². The normalized spacial score (nSPS) is 34.8. The van der Waals surface area contributed by atoms with Crippen LogP contribution in [0.25, 0.3) is 0 Å². The second-order valence-corrected chi connectivity index (χ2v) is 3.46. The Morgan fingerprint density at radius 1 is 1.89 bits per heavy atom. The van der Waals surface area contributed by atoms with Gasteiger partial charge in [0, 0.05) is 6.54 Å². The summed E-state index contributed by atoms with van der Waals surface area (Å²) in [6.45, 7) is 0.625. The van der Waals surface area contributed by atoms with Crippen LogP contribution in [0.3, 0.4) is 0 Å². The Morgan fingerprint density at radius 2 is 2.56 bits per heavy atom. The highest BCUT2D eigenvalue weighted by atomic mass is 32.2. The second-order valence-electron chi connectivity index (χ2n) is 1.82. The Morgan fingerprint density at radius 3 is 2.78 bits per heavy atom. The van der Waals surface area contributed by atoms with Gasteiger partial charge in [-0.05, 0) is 11.2 Å². The lowest BCUT2D eigenvalue weighted by Gasteiger charge is -2.07. The van der Waals surface area contributed by atoms with Crippen LogP contribution >= 0.6 is 0 Å². The van der Waals surface area contributed by atoms with E-state index in [0.29, 0.717) is 12.3 Å². The Bertz CT molecular complexity index is 130. The summed E-state index contributed by atoms with van der Waals surface area (Å²) in [7, 11) is 0. The maximum Gasteiger partial charge on any atom is 0.286 e. The molecule has 1 aliphatic heterocycles. The lowest BCUT2D eigenvalue weighted by molar-refractivity contribution is -0.118. The van der Waals surface area contributed by atoms with Gasteiger partial charge >= 0.3 is 0 Å². The molecule has 0 bridgehead atoms. The number of carbonyl (C=O) groups is 1. The highest BCUT2D eigenvalue weighted by molar-refractivity contribution is 7.93. The topological polar surface area (TPSA) is 78.2 Å². The average molecular weight is 148 g/mol. The van der Waals surface area contributed by atoms with Gasteiger partial charge in [-0.3, -0.25) is 10.1 Å². The second kappa shape index (κ2) is 2.55. The molecule has 1 heterocycles. The summed E-state index contributed by atoms with van der Waals surface area (Å²) in [6, 6.07) is 0. The van der Waals surface area contributed by atoms with Crippen molar-refractivity contribution >= 4 is 17.1 Å². The zero-order valence-electron chi connectivity index (χ0n) is 4.79. The van der Waals surface area contributed by atoms with Crippen molar-refractivity contribution in [1.82, 2.24) is 5.32 Å². The number of nitrogens with one attached hydrogen (secondary N) is 1. The van der Waals surface area contributed by atoms with Crippen molar-refractivity contribution in [3.8, 4) is 0 Å². The first kappa shape index (κ1) is 6.85. The third kappa shape index (κ3) is 1.35. The molecule has 0 aromatic heterocycles. The fourth-order valence-corrected chi connectivity index (χ4v) is 1.85. The van der Waals surface area contributed by atoms with Gasteiger partial charge in [0.15, 0.2) is 0 Å². The third-order valence-corrected chi connectivity index (χ3v) is 2.69. The van der Waals surface area contributed by atoms with Crippen LogP contribution in [0.2, 0.25) is 0 Å². The fourth-order valence-electron chi connectivity index (χ4n) is 0.732. The van der Waals surface area contributed by atoms with Crippen molar-refractivity contribution in [2.24, 2.45) is 5.73 Å². The number of primary amides is 1. The van der Waals surface area contributed by atoms with E-state index in [4.69, 9.17) is 5.73 Å². The van der Waals surface area contributed by atoms with Crippen LogP contribution in [0.15, 0.2) is 0 Å². The average Bonchev–Trinajstić information content (AvgIpc) is 2.13. The number of rotatable bonds is 1. The van der Waals surface area contributed by atoms with Gasteiger partial charge in [-0.25, -0.2) is 0 Å². The number of carbonyl (C=O) groups excluding carboxylic acids is 1. The molecule has 1 saturated heterocycles. The molecule has 2 atom stereocenters. The van der Waals surface area contributed by atoms with Crippen LogP contribution in [0.4, 0.5) is 0 Å². The molecule has 0 aromatic rings. The minimum absolute atomic E-state index is 0.522. The van der Waals surface area contributed by atoms with Crippen molar-refractivity contribution in [2.75, 3.05) is 12.3 Å². The molecule has 0 spiro atoms. The van der Waals surface area contributed by atoms with Gasteiger partial charge in [0.2, 0.25) is 5.37 Å². The van der Waals surface area contributed by atoms with E-state index in [9.17, 15) is 9.35 Å². The number of hydrogen-bond donors (Lipinski definition) is 2. The molecule has 4 nitrogen and oxygen atoms in total. The molecule has 0 radical (unpaired) electrons. The largest absolute Gasteiger partial charge is 0.615 e. The van der Waals surface area contributed by atoms with Crippen molar-refractivity contribution in [3.63, 3.8) is 0 Å². The Balaban J connectivity index is 2.49. The minimum Gasteiger partial charge on any atom is -0.615 e. The first-order chi connectivity index (χ1) is 4.22. The van der Waals surface area contributed by atoms with E-state index in [2.05, 4.69) is 5.32 Å². The smallest absolute Gasteiger partial charge is 0.286 e. The standard InChI is InChI=1S/C4H8N2O2S/c5-3(7)4-6-1-2-9(4)8/h4,6H,1-2H2,(H2,5,7). The first-order valence-electron chi connectivity index (χ1n) is 2.61. The summed E-state index contributed by atoms with van der Waals surface area (Å²) >= 11 is -1.08.